The molecule has 0 unspecified atom stereocenters. The van der Waals surface area contributed by atoms with Crippen LogP contribution in [0.4, 0.5) is 0 Å². The van der Waals surface area contributed by atoms with E-state index in [4.69, 9.17) is 4.74 Å². The molecule has 0 amide bonds. The van der Waals surface area contributed by atoms with Gasteiger partial charge in [0.05, 0.1) is 6.61 Å². The Morgan fingerprint density at radius 1 is 1.00 bits per heavy atom. The van der Waals surface area contributed by atoms with Crippen LogP contribution in [0.5, 0.6) is 0 Å². The van der Waals surface area contributed by atoms with Gasteiger partial charge in [-0.05, 0) is 50.3 Å². The highest BCUT2D eigenvalue weighted by Crippen LogP contribution is 2.30. The second kappa shape index (κ2) is 9.74. The number of hydrogen-bond acceptors (Lipinski definition) is 2. The summed E-state index contributed by atoms with van der Waals surface area (Å²) in [5, 5.41) is 0. The summed E-state index contributed by atoms with van der Waals surface area (Å²) >= 11 is 0. The molecule has 0 aromatic heterocycles. The minimum Gasteiger partial charge on any atom is -0.377 e. The molecule has 1 aliphatic heterocycles. The smallest absolute Gasteiger partial charge is 0.0716 e. The minimum absolute atomic E-state index is 0.511. The predicted molar refractivity (Wildman–Crippen MR) is 105 cm³/mol. The van der Waals surface area contributed by atoms with Crippen LogP contribution in [0.2, 0.25) is 0 Å². The summed E-state index contributed by atoms with van der Waals surface area (Å²) in [7, 11) is 0. The van der Waals surface area contributed by atoms with Crippen LogP contribution >= 0.6 is 0 Å². The van der Waals surface area contributed by atoms with Crippen molar-refractivity contribution in [2.24, 2.45) is 0 Å². The highest BCUT2D eigenvalue weighted by atomic mass is 16.5. The predicted octanol–water partition coefficient (Wildman–Crippen LogP) is 5.60. The first-order valence-electron chi connectivity index (χ1n) is 9.77. The zero-order valence-electron chi connectivity index (χ0n) is 15.4. The molecule has 0 saturated carbocycles. The van der Waals surface area contributed by atoms with Crippen LogP contribution in [0, 0.1) is 0 Å². The maximum Gasteiger partial charge on any atom is 0.0716 e. The Bertz CT molecular complexity index is 598. The van der Waals surface area contributed by atoms with E-state index in [9.17, 15) is 0 Å². The van der Waals surface area contributed by atoms with Gasteiger partial charge in [-0.25, -0.2) is 0 Å². The first-order chi connectivity index (χ1) is 12.3. The molecule has 1 fully saturated rings. The average molecular weight is 338 g/mol. The number of ether oxygens (including phenoxy) is 1. The molecule has 134 valence electrons. The molecule has 0 bridgehead atoms. The Morgan fingerprint density at radius 3 is 2.48 bits per heavy atom. The van der Waals surface area contributed by atoms with Gasteiger partial charge in [-0.15, -0.1) is 0 Å². The molecular weight excluding hydrogens is 306 g/mol. The number of likely N-dealkylation sites (tertiary alicyclic amines) is 1. The maximum absolute atomic E-state index is 5.87. The van der Waals surface area contributed by atoms with Gasteiger partial charge in [0.2, 0.25) is 0 Å². The van der Waals surface area contributed by atoms with E-state index >= 15 is 0 Å². The summed E-state index contributed by atoms with van der Waals surface area (Å²) in [6.07, 6.45) is 6.42. The molecule has 0 radical (unpaired) electrons. The van der Waals surface area contributed by atoms with Gasteiger partial charge in [0, 0.05) is 18.7 Å². The molecule has 0 spiro atoms. The number of rotatable bonds is 8. The normalized spacial score (nSPS) is 19.6. The van der Waals surface area contributed by atoms with E-state index in [0.29, 0.717) is 12.1 Å². The third kappa shape index (κ3) is 5.42. The van der Waals surface area contributed by atoms with E-state index in [-0.39, 0.29) is 0 Å². The van der Waals surface area contributed by atoms with Crippen molar-refractivity contribution < 1.29 is 4.74 Å². The van der Waals surface area contributed by atoms with E-state index < -0.39 is 0 Å². The van der Waals surface area contributed by atoms with Crippen molar-refractivity contribution >= 4 is 0 Å². The summed E-state index contributed by atoms with van der Waals surface area (Å²) < 4.78 is 5.87. The van der Waals surface area contributed by atoms with Crippen molar-refractivity contribution in [2.75, 3.05) is 13.2 Å². The first-order valence-corrected chi connectivity index (χ1v) is 9.77. The molecule has 2 heteroatoms. The summed E-state index contributed by atoms with van der Waals surface area (Å²) in [5.41, 5.74) is 2.70. The van der Waals surface area contributed by atoms with Gasteiger partial charge in [0.15, 0.2) is 0 Å². The second-order valence-corrected chi connectivity index (χ2v) is 7.15. The third-order valence-electron chi connectivity index (χ3n) is 5.39. The van der Waals surface area contributed by atoms with E-state index in [1.165, 1.54) is 43.4 Å². The summed E-state index contributed by atoms with van der Waals surface area (Å²) in [6, 6.07) is 22.6. The standard InChI is InChI=1S/C23H31NO/c1-20(22-13-6-3-7-14-22)24-17-9-8-15-23(24)16-10-18-25-19-21-11-4-2-5-12-21/h2-7,11-14,20,23H,8-10,15-19H2,1H3/t20-,23+/m0/s1. The van der Waals surface area contributed by atoms with Crippen LogP contribution in [-0.4, -0.2) is 24.1 Å². The first kappa shape index (κ1) is 18.2. The molecule has 2 aromatic carbocycles. The molecule has 25 heavy (non-hydrogen) atoms. The fourth-order valence-electron chi connectivity index (χ4n) is 3.95. The Kier molecular flexibility index (Phi) is 7.08. The molecule has 0 N–H and O–H groups in total. The van der Waals surface area contributed by atoms with Gasteiger partial charge >= 0.3 is 0 Å². The molecule has 1 aliphatic rings. The van der Waals surface area contributed by atoms with Gasteiger partial charge in [-0.3, -0.25) is 4.90 Å². The Labute approximate surface area is 152 Å². The summed E-state index contributed by atoms with van der Waals surface area (Å²) in [4.78, 5) is 2.72. The fraction of sp³-hybridized carbons (Fsp3) is 0.478. The summed E-state index contributed by atoms with van der Waals surface area (Å²) in [5.74, 6) is 0. The number of benzene rings is 2. The van der Waals surface area contributed by atoms with Gasteiger partial charge in [0.25, 0.3) is 0 Å². The Balaban J connectivity index is 1.45. The van der Waals surface area contributed by atoms with Crippen molar-refractivity contribution in [3.05, 3.63) is 71.8 Å². The quantitative estimate of drug-likeness (QED) is 0.581. The average Bonchev–Trinajstić information content (AvgIpc) is 2.69. The van der Waals surface area contributed by atoms with Crippen molar-refractivity contribution in [2.45, 2.75) is 57.7 Å². The van der Waals surface area contributed by atoms with Gasteiger partial charge in [-0.1, -0.05) is 67.1 Å². The van der Waals surface area contributed by atoms with Crippen LogP contribution in [0.1, 0.15) is 56.2 Å². The maximum atomic E-state index is 5.87. The van der Waals surface area contributed by atoms with Crippen molar-refractivity contribution in [1.82, 2.24) is 4.90 Å². The number of hydrogen-bond donors (Lipinski definition) is 0. The topological polar surface area (TPSA) is 12.5 Å². The molecular formula is C23H31NO. The zero-order valence-corrected chi connectivity index (χ0v) is 15.4. The summed E-state index contributed by atoms with van der Waals surface area (Å²) in [6.45, 7) is 5.18. The lowest BCUT2D eigenvalue weighted by Gasteiger charge is -2.40. The third-order valence-corrected chi connectivity index (χ3v) is 5.39. The number of piperidine rings is 1. The molecule has 2 nitrogen and oxygen atoms in total. The van der Waals surface area contributed by atoms with E-state index in [2.05, 4.69) is 72.5 Å². The van der Waals surface area contributed by atoms with E-state index in [1.807, 2.05) is 0 Å². The molecule has 1 heterocycles. The van der Waals surface area contributed by atoms with Gasteiger partial charge in [-0.2, -0.15) is 0 Å². The van der Waals surface area contributed by atoms with Crippen LogP contribution in [-0.2, 0) is 11.3 Å². The van der Waals surface area contributed by atoms with Gasteiger partial charge in [0.1, 0.15) is 0 Å². The molecule has 1 saturated heterocycles. The van der Waals surface area contributed by atoms with Crippen LogP contribution in [0.3, 0.4) is 0 Å². The van der Waals surface area contributed by atoms with E-state index in [1.54, 1.807) is 0 Å². The lowest BCUT2D eigenvalue weighted by molar-refractivity contribution is 0.0754. The van der Waals surface area contributed by atoms with Gasteiger partial charge < -0.3 is 4.74 Å². The van der Waals surface area contributed by atoms with Crippen LogP contribution < -0.4 is 0 Å². The lowest BCUT2D eigenvalue weighted by Crippen LogP contribution is -2.41. The van der Waals surface area contributed by atoms with Crippen molar-refractivity contribution in [3.63, 3.8) is 0 Å². The fourth-order valence-corrected chi connectivity index (χ4v) is 3.95. The molecule has 2 aromatic rings. The Hall–Kier alpha value is -1.64. The molecule has 0 aliphatic carbocycles. The number of nitrogens with zero attached hydrogens (tertiary/aromatic N) is 1. The molecule has 3 rings (SSSR count). The monoisotopic (exact) mass is 337 g/mol. The van der Waals surface area contributed by atoms with Crippen LogP contribution in [0.15, 0.2) is 60.7 Å². The SMILES string of the molecule is C[C@@H](c1ccccc1)N1CCCC[C@@H]1CCCOCc1ccccc1. The largest absolute Gasteiger partial charge is 0.377 e. The zero-order chi connectivity index (χ0) is 17.3. The molecule has 2 atom stereocenters. The van der Waals surface area contributed by atoms with E-state index in [0.717, 1.165) is 19.6 Å². The minimum atomic E-state index is 0.511. The highest BCUT2D eigenvalue weighted by molar-refractivity contribution is 5.18. The highest BCUT2D eigenvalue weighted by Gasteiger charge is 2.26. The van der Waals surface area contributed by atoms with Crippen molar-refractivity contribution in [3.8, 4) is 0 Å². The Morgan fingerprint density at radius 2 is 1.72 bits per heavy atom. The second-order valence-electron chi connectivity index (χ2n) is 7.15. The van der Waals surface area contributed by atoms with Crippen molar-refractivity contribution in [1.29, 1.82) is 0 Å². The lowest BCUT2D eigenvalue weighted by atomic mass is 9.94. The van der Waals surface area contributed by atoms with Crippen LogP contribution in [0.25, 0.3) is 0 Å².